The van der Waals surface area contributed by atoms with Crippen molar-refractivity contribution in [3.05, 3.63) is 170 Å². The Morgan fingerprint density at radius 3 is 1.53 bits per heavy atom. The number of nitrogens with zero attached hydrogens (tertiary/aromatic N) is 5. The largest absolute Gasteiger partial charge is 0.573 e. The summed E-state index contributed by atoms with van der Waals surface area (Å²) in [6.45, 7) is 9.05. The number of amides is 1. The standard InChI is InChI=1S/C63H59ClF3N5O7S2/c1-38-6-20-56(76-34-48-13-11-46(31-39(48)2)41-7-9-43(10-8-41)58(73)70(4)5)52(30-38)54-36-80-61(68-54)71-26-22-44(23-27-71)59(74)78-60(75)45-24-28-72(29-25-45)62-69-55(37-81-62)53-33-50(64)17-21-57(53)77-35-49-14-12-47(32-40(49)3)42-15-18-51(19-16-42)79-63(65,66)67/h6-21,30-33,36-37,44-45H,22-29,34-35H2,1-5H3. The Labute approximate surface area is 481 Å². The van der Waals surface area contributed by atoms with Gasteiger partial charge in [0.1, 0.15) is 30.5 Å². The summed E-state index contributed by atoms with van der Waals surface area (Å²) < 4.78 is 60.4. The third kappa shape index (κ3) is 13.7. The number of alkyl halides is 3. The molecule has 6 aromatic carbocycles. The van der Waals surface area contributed by atoms with Crippen LogP contribution >= 0.6 is 34.3 Å². The SMILES string of the molecule is Cc1ccc(OCc2ccc(-c3ccc(C(=O)N(C)C)cc3)cc2C)c(-c2csc(N3CCC(C(=O)OC(=O)C4CCN(c5nc(-c6cc(Cl)ccc6OCc6ccc(-c7ccc(OC(F)(F)F)cc7)cc6C)cs5)CC4)CC3)n2)c1. The molecule has 18 heteroatoms. The van der Waals surface area contributed by atoms with Crippen LogP contribution in [0.15, 0.2) is 132 Å². The molecule has 8 aromatic rings. The molecule has 2 aliphatic heterocycles. The van der Waals surface area contributed by atoms with Gasteiger partial charge in [-0.25, -0.2) is 9.97 Å². The van der Waals surface area contributed by atoms with Crippen molar-refractivity contribution in [2.75, 3.05) is 50.1 Å². The topological polar surface area (TPSA) is 124 Å². The summed E-state index contributed by atoms with van der Waals surface area (Å²) in [6, 6.07) is 37.0. The summed E-state index contributed by atoms with van der Waals surface area (Å²) in [5.41, 5.74) is 12.6. The zero-order valence-electron chi connectivity index (χ0n) is 45.3. The van der Waals surface area contributed by atoms with Crippen molar-refractivity contribution in [1.82, 2.24) is 14.9 Å². The molecule has 81 heavy (non-hydrogen) atoms. The van der Waals surface area contributed by atoms with Crippen LogP contribution in [0.1, 0.15) is 63.9 Å². The fraction of sp³-hybridized carbons (Fsp3) is 0.286. The average Bonchev–Trinajstić information content (AvgIpc) is 4.18. The van der Waals surface area contributed by atoms with Gasteiger partial charge in [0.05, 0.1) is 23.2 Å². The first-order valence-corrected chi connectivity index (χ1v) is 28.8. The van der Waals surface area contributed by atoms with Crippen LogP contribution in [0.4, 0.5) is 23.4 Å². The normalized spacial score (nSPS) is 14.2. The molecule has 2 aromatic heterocycles. The highest BCUT2D eigenvalue weighted by Gasteiger charge is 2.34. The number of hydrogen-bond donors (Lipinski definition) is 0. The van der Waals surface area contributed by atoms with Crippen LogP contribution in [-0.4, -0.2) is 79.4 Å². The van der Waals surface area contributed by atoms with Crippen LogP contribution in [0.5, 0.6) is 17.2 Å². The van der Waals surface area contributed by atoms with Gasteiger partial charge in [-0.2, -0.15) is 0 Å². The summed E-state index contributed by atoms with van der Waals surface area (Å²) in [4.78, 5) is 55.1. The van der Waals surface area contributed by atoms with E-state index in [0.717, 1.165) is 82.9 Å². The van der Waals surface area contributed by atoms with Crippen LogP contribution in [0.25, 0.3) is 44.8 Å². The first kappa shape index (κ1) is 56.5. The molecular formula is C63H59ClF3N5O7S2. The lowest BCUT2D eigenvalue weighted by atomic mass is 9.96. The number of carbonyl (C=O) groups is 3. The third-order valence-electron chi connectivity index (χ3n) is 14.8. The van der Waals surface area contributed by atoms with Crippen LogP contribution in [0, 0.1) is 32.6 Å². The van der Waals surface area contributed by atoms with Crippen molar-refractivity contribution in [3.63, 3.8) is 0 Å². The summed E-state index contributed by atoms with van der Waals surface area (Å²) in [5, 5.41) is 6.18. The monoisotopic (exact) mass is 1150 g/mol. The highest BCUT2D eigenvalue weighted by Crippen LogP contribution is 2.39. The van der Waals surface area contributed by atoms with Crippen molar-refractivity contribution in [2.45, 2.75) is 66.0 Å². The van der Waals surface area contributed by atoms with E-state index in [9.17, 15) is 27.6 Å². The van der Waals surface area contributed by atoms with Gasteiger partial charge in [-0.05, 0) is 146 Å². The number of anilines is 2. The minimum absolute atomic E-state index is 0.0309. The maximum absolute atomic E-state index is 13.4. The van der Waals surface area contributed by atoms with Gasteiger partial charge in [0.15, 0.2) is 10.3 Å². The van der Waals surface area contributed by atoms with Crippen LogP contribution < -0.4 is 24.0 Å². The van der Waals surface area contributed by atoms with Crippen molar-refractivity contribution >= 4 is 62.4 Å². The van der Waals surface area contributed by atoms with Crippen molar-refractivity contribution in [1.29, 1.82) is 0 Å². The molecule has 0 atom stereocenters. The maximum Gasteiger partial charge on any atom is 0.573 e. The molecular weight excluding hydrogens is 1100 g/mol. The number of carbonyl (C=O) groups excluding carboxylic acids is 3. The Hall–Kier alpha value is -7.73. The highest BCUT2D eigenvalue weighted by molar-refractivity contribution is 7.14. The molecule has 0 unspecified atom stereocenters. The van der Waals surface area contributed by atoms with Crippen molar-refractivity contribution < 1.29 is 46.5 Å². The van der Waals surface area contributed by atoms with Crippen LogP contribution in [0.2, 0.25) is 5.02 Å². The van der Waals surface area contributed by atoms with Gasteiger partial charge in [-0.15, -0.1) is 35.8 Å². The third-order valence-corrected chi connectivity index (χ3v) is 16.8. The van der Waals surface area contributed by atoms with Crippen LogP contribution in [-0.2, 0) is 27.5 Å². The second-order valence-corrected chi connectivity index (χ2v) is 22.8. The molecule has 0 N–H and O–H groups in total. The molecule has 0 bridgehead atoms. The number of aryl methyl sites for hydroxylation is 3. The van der Waals surface area contributed by atoms with Crippen molar-refractivity contribution in [3.8, 4) is 62.0 Å². The van der Waals surface area contributed by atoms with E-state index < -0.39 is 24.2 Å². The molecule has 10 rings (SSSR count). The van der Waals surface area contributed by atoms with E-state index >= 15 is 0 Å². The molecule has 2 fully saturated rings. The molecule has 418 valence electrons. The van der Waals surface area contributed by atoms with E-state index in [-0.39, 0.29) is 24.2 Å². The first-order chi connectivity index (χ1) is 38.9. The summed E-state index contributed by atoms with van der Waals surface area (Å²) in [7, 11) is 3.49. The minimum Gasteiger partial charge on any atom is -0.488 e. The smallest absolute Gasteiger partial charge is 0.488 e. The number of rotatable bonds is 16. The molecule has 0 saturated carbocycles. The number of esters is 2. The lowest BCUT2D eigenvalue weighted by Gasteiger charge is -2.32. The second-order valence-electron chi connectivity index (χ2n) is 20.6. The Bertz CT molecular complexity index is 3570. The highest BCUT2D eigenvalue weighted by atomic mass is 35.5. The average molecular weight is 1150 g/mol. The van der Waals surface area contributed by atoms with E-state index in [1.165, 1.54) is 23.5 Å². The van der Waals surface area contributed by atoms with Gasteiger partial charge in [-0.1, -0.05) is 83.9 Å². The molecule has 2 aliphatic rings. The lowest BCUT2D eigenvalue weighted by Crippen LogP contribution is -2.40. The number of halogens is 4. The molecule has 1 amide bonds. The zero-order valence-corrected chi connectivity index (χ0v) is 47.7. The second kappa shape index (κ2) is 24.6. The number of ether oxygens (including phenoxy) is 4. The van der Waals surface area contributed by atoms with E-state index in [1.807, 2.05) is 91.3 Å². The predicted octanol–water partition coefficient (Wildman–Crippen LogP) is 14.8. The Balaban J connectivity index is 0.683. The van der Waals surface area contributed by atoms with Gasteiger partial charge >= 0.3 is 18.3 Å². The molecule has 0 spiro atoms. The lowest BCUT2D eigenvalue weighted by molar-refractivity contribution is -0.274. The van der Waals surface area contributed by atoms with Crippen LogP contribution in [0.3, 0.4) is 0 Å². The number of aromatic nitrogens is 2. The van der Waals surface area contributed by atoms with E-state index in [4.69, 9.17) is 35.8 Å². The van der Waals surface area contributed by atoms with Gasteiger partial charge in [0.25, 0.3) is 5.91 Å². The molecule has 0 aliphatic carbocycles. The zero-order chi connectivity index (χ0) is 57.0. The number of piperidine rings is 2. The van der Waals surface area contributed by atoms with Gasteiger partial charge < -0.3 is 33.6 Å². The number of thiazole rings is 2. The van der Waals surface area contributed by atoms with Gasteiger partial charge in [0.2, 0.25) is 0 Å². The molecule has 4 heterocycles. The maximum atomic E-state index is 13.4. The Morgan fingerprint density at radius 2 is 1.06 bits per heavy atom. The first-order valence-electron chi connectivity index (χ1n) is 26.6. The summed E-state index contributed by atoms with van der Waals surface area (Å²) in [5.74, 6) is -0.717. The van der Waals surface area contributed by atoms with E-state index in [2.05, 4.69) is 45.7 Å². The van der Waals surface area contributed by atoms with E-state index in [1.54, 1.807) is 48.5 Å². The van der Waals surface area contributed by atoms with Gasteiger partial charge in [-0.3, -0.25) is 14.4 Å². The molecule has 0 radical (unpaired) electrons. The number of hydrogen-bond acceptors (Lipinski definition) is 13. The number of benzene rings is 6. The predicted molar refractivity (Wildman–Crippen MR) is 312 cm³/mol. The molecule has 12 nitrogen and oxygen atoms in total. The molecule has 2 saturated heterocycles. The van der Waals surface area contributed by atoms with E-state index in [0.29, 0.717) is 80.5 Å². The van der Waals surface area contributed by atoms with Gasteiger partial charge in [0, 0.05) is 72.7 Å². The van der Waals surface area contributed by atoms with Crippen molar-refractivity contribution in [2.24, 2.45) is 11.8 Å². The fourth-order valence-electron chi connectivity index (χ4n) is 10.0. The quantitative estimate of drug-likeness (QED) is 0.0678. The Kier molecular flexibility index (Phi) is 17.1. The summed E-state index contributed by atoms with van der Waals surface area (Å²) >= 11 is 9.53. The summed E-state index contributed by atoms with van der Waals surface area (Å²) in [6.07, 6.45) is -2.63. The Morgan fingerprint density at radius 1 is 0.605 bits per heavy atom. The minimum atomic E-state index is -4.76. The fourth-order valence-corrected chi connectivity index (χ4v) is 12.0.